The molecule has 3 aliphatic heterocycles. The first-order valence-electron chi connectivity index (χ1n) is 16.1. The van der Waals surface area contributed by atoms with Crippen LogP contribution in [0.25, 0.3) is 0 Å². The number of alkyl halides is 3. The van der Waals surface area contributed by atoms with Crippen LogP contribution >= 0.6 is 7.82 Å². The summed E-state index contributed by atoms with van der Waals surface area (Å²) < 4.78 is 72.4. The molecule has 0 saturated carbocycles. The first kappa shape index (κ1) is 38.8. The van der Waals surface area contributed by atoms with Crippen molar-refractivity contribution >= 4 is 19.6 Å². The molecule has 1 spiro atoms. The maximum Gasteiger partial charge on any atom is 0.466 e. The SMILES string of the molecule is COC[C@H]1CN(c2ccc(OCC[C@@H](O)C(F)(F)F)cc2)C(=O)O1.COc1ccc2c3c1O[C@H]1[C@@H](O)C=C[C@H]4[C@@H](C2)N(C)CC[C@@]341.O=P(O)(O)O. The molecule has 18 heteroatoms. The van der Waals surface area contributed by atoms with Crippen LogP contribution in [0.5, 0.6) is 17.2 Å². The van der Waals surface area contributed by atoms with Crippen molar-refractivity contribution in [2.24, 2.45) is 5.92 Å². The minimum atomic E-state index is -4.65. The minimum absolute atomic E-state index is 0.0806. The number of likely N-dealkylation sites (N-methyl/N-ethyl adjacent to an activating group) is 1. The van der Waals surface area contributed by atoms with E-state index in [9.17, 15) is 23.1 Å². The van der Waals surface area contributed by atoms with E-state index < -0.39 is 38.7 Å². The molecule has 2 saturated heterocycles. The van der Waals surface area contributed by atoms with Gasteiger partial charge in [0.25, 0.3) is 0 Å². The summed E-state index contributed by atoms with van der Waals surface area (Å²) in [6.07, 6.45) is -2.91. The van der Waals surface area contributed by atoms with Crippen LogP contribution < -0.4 is 19.1 Å². The number of halogens is 3. The molecule has 2 aromatic rings. The monoisotopic (exact) mass is 746 g/mol. The lowest BCUT2D eigenvalue weighted by Crippen LogP contribution is -2.64. The lowest BCUT2D eigenvalue weighted by Gasteiger charge is -2.56. The molecule has 3 heterocycles. The summed E-state index contributed by atoms with van der Waals surface area (Å²) in [5.41, 5.74) is 3.19. The number of ether oxygens (including phenoxy) is 5. The average Bonchev–Trinajstić information content (AvgIpc) is 3.61. The number of anilines is 1. The molecule has 51 heavy (non-hydrogen) atoms. The van der Waals surface area contributed by atoms with Gasteiger partial charge >= 0.3 is 20.1 Å². The smallest absolute Gasteiger partial charge is 0.466 e. The molecule has 2 aliphatic carbocycles. The normalized spacial score (nSPS) is 27.9. The molecular weight excluding hydrogens is 704 g/mol. The number of likely N-dealkylation sites (tertiary alicyclic amines) is 1. The number of carbonyl (C=O) groups is 1. The zero-order valence-electron chi connectivity index (χ0n) is 28.1. The summed E-state index contributed by atoms with van der Waals surface area (Å²) in [5.74, 6) is 2.43. The van der Waals surface area contributed by atoms with Crippen LogP contribution in [-0.2, 0) is 25.9 Å². The second kappa shape index (κ2) is 15.3. The highest BCUT2D eigenvalue weighted by molar-refractivity contribution is 7.45. The molecule has 5 N–H and O–H groups in total. The zero-order chi connectivity index (χ0) is 37.3. The molecule has 2 bridgehead atoms. The second-order valence-corrected chi connectivity index (χ2v) is 13.9. The molecule has 2 fully saturated rings. The number of hydrogen-bond donors (Lipinski definition) is 5. The number of methoxy groups -OCH3 is 2. The summed E-state index contributed by atoms with van der Waals surface area (Å²) in [4.78, 5) is 37.2. The Labute approximate surface area is 292 Å². The molecule has 0 unspecified atom stereocenters. The van der Waals surface area contributed by atoms with E-state index >= 15 is 0 Å². The summed E-state index contributed by atoms with van der Waals surface area (Å²) in [6.45, 7) is 1.43. The van der Waals surface area contributed by atoms with Gasteiger partial charge in [-0.05, 0) is 62.3 Å². The number of cyclic esters (lactones) is 1. The van der Waals surface area contributed by atoms with Gasteiger partial charge in [0.2, 0.25) is 0 Å². The van der Waals surface area contributed by atoms with E-state index in [0.29, 0.717) is 36.5 Å². The number of rotatable bonds is 8. The van der Waals surface area contributed by atoms with Crippen LogP contribution in [-0.4, -0.2) is 120 Å². The highest BCUT2D eigenvalue weighted by Crippen LogP contribution is 2.62. The Morgan fingerprint density at radius 3 is 2.39 bits per heavy atom. The molecule has 2 aromatic carbocycles. The van der Waals surface area contributed by atoms with Crippen molar-refractivity contribution < 1.29 is 71.1 Å². The van der Waals surface area contributed by atoms with Crippen LogP contribution in [0.4, 0.5) is 23.7 Å². The van der Waals surface area contributed by atoms with Gasteiger partial charge in [0.1, 0.15) is 24.1 Å². The Kier molecular flexibility index (Phi) is 11.6. The summed E-state index contributed by atoms with van der Waals surface area (Å²) in [6, 6.07) is 11.0. The first-order valence-corrected chi connectivity index (χ1v) is 17.7. The third-order valence-corrected chi connectivity index (χ3v) is 9.77. The number of phosphoric acid groups is 1. The number of benzene rings is 2. The van der Waals surface area contributed by atoms with Crippen LogP contribution in [0.15, 0.2) is 48.6 Å². The van der Waals surface area contributed by atoms with E-state index in [1.54, 1.807) is 19.2 Å². The summed E-state index contributed by atoms with van der Waals surface area (Å²) >= 11 is 0. The Balaban J connectivity index is 0.000000175. The van der Waals surface area contributed by atoms with Crippen molar-refractivity contribution in [3.05, 3.63) is 59.7 Å². The summed E-state index contributed by atoms with van der Waals surface area (Å²) in [5, 5.41) is 19.4. The largest absolute Gasteiger partial charge is 0.493 e. The first-order chi connectivity index (χ1) is 24.0. The Morgan fingerprint density at radius 2 is 1.76 bits per heavy atom. The van der Waals surface area contributed by atoms with Gasteiger partial charge in [-0.1, -0.05) is 18.2 Å². The topological polar surface area (TPSA) is 188 Å². The van der Waals surface area contributed by atoms with Gasteiger partial charge in [0.05, 0.1) is 26.9 Å². The molecule has 0 radical (unpaired) electrons. The van der Waals surface area contributed by atoms with Gasteiger partial charge in [0, 0.05) is 42.2 Å². The van der Waals surface area contributed by atoms with E-state index in [1.165, 1.54) is 35.3 Å². The van der Waals surface area contributed by atoms with Crippen molar-refractivity contribution in [2.45, 2.75) is 61.3 Å². The van der Waals surface area contributed by atoms with E-state index in [1.807, 2.05) is 12.1 Å². The molecule has 7 rings (SSSR count). The third kappa shape index (κ3) is 8.31. The van der Waals surface area contributed by atoms with E-state index in [0.717, 1.165) is 30.9 Å². The fraction of sp³-hybridized carbons (Fsp3) is 0.545. The fourth-order valence-electron chi connectivity index (χ4n) is 7.57. The fourth-order valence-corrected chi connectivity index (χ4v) is 7.57. The molecule has 0 aromatic heterocycles. The quantitative estimate of drug-likeness (QED) is 0.196. The predicted molar refractivity (Wildman–Crippen MR) is 175 cm³/mol. The molecule has 7 atom stereocenters. The average molecular weight is 747 g/mol. The van der Waals surface area contributed by atoms with Gasteiger partial charge in [-0.3, -0.25) is 4.90 Å². The van der Waals surface area contributed by atoms with Gasteiger partial charge < -0.3 is 53.5 Å². The third-order valence-electron chi connectivity index (χ3n) is 9.77. The maximum atomic E-state index is 12.2. The predicted octanol–water partition coefficient (Wildman–Crippen LogP) is 2.92. The van der Waals surface area contributed by atoms with Crippen molar-refractivity contribution in [1.29, 1.82) is 0 Å². The number of piperidine rings is 1. The molecule has 1 amide bonds. The number of aliphatic hydroxyl groups excluding tert-OH is 2. The maximum absolute atomic E-state index is 12.2. The van der Waals surface area contributed by atoms with Gasteiger partial charge in [0.15, 0.2) is 17.6 Å². The van der Waals surface area contributed by atoms with Crippen molar-refractivity contribution in [3.8, 4) is 17.2 Å². The standard InChI is InChI=1S/C18H21NO3.C15H18F3NO5.H3O4P/c1-19-8-7-18-11-4-5-13(20)17(18)22-16-14(21-2)6-3-10(15(16)18)9-12(11)19;1-22-9-12-8-19(14(21)24-12)10-2-4-11(5-3-10)23-7-6-13(20)15(16,17)18;1-5(2,3)4/h3-6,11-13,17,20H,7-9H2,1-2H3;2-5,12-13,20H,6-9H2,1H3;(H3,1,2,3,4)/t11-,12+,13-,17-,18-;12-,13-;/m01./s1. The van der Waals surface area contributed by atoms with Crippen molar-refractivity contribution in [1.82, 2.24) is 4.90 Å². The summed E-state index contributed by atoms with van der Waals surface area (Å²) in [7, 11) is 0.780. The lowest BCUT2D eigenvalue weighted by molar-refractivity contribution is -0.206. The molecule has 14 nitrogen and oxygen atoms in total. The Bertz CT molecular complexity index is 1610. The highest BCUT2D eigenvalue weighted by Gasteiger charge is 2.64. The van der Waals surface area contributed by atoms with E-state index in [4.69, 9.17) is 48.0 Å². The van der Waals surface area contributed by atoms with Crippen LogP contribution in [0, 0.1) is 5.92 Å². The van der Waals surface area contributed by atoms with Gasteiger partial charge in [-0.15, -0.1) is 0 Å². The number of aliphatic hydroxyl groups is 2. The van der Waals surface area contributed by atoms with E-state index in [-0.39, 0.29) is 24.2 Å². The zero-order valence-corrected chi connectivity index (χ0v) is 29.0. The van der Waals surface area contributed by atoms with Crippen LogP contribution in [0.1, 0.15) is 24.0 Å². The number of hydrogen-bond acceptors (Lipinski definition) is 10. The highest BCUT2D eigenvalue weighted by atomic mass is 31.2. The van der Waals surface area contributed by atoms with Gasteiger partial charge in [-0.2, -0.15) is 13.2 Å². The lowest BCUT2D eigenvalue weighted by atomic mass is 9.53. The Hall–Kier alpha value is -3.41. The van der Waals surface area contributed by atoms with Crippen molar-refractivity contribution in [2.75, 3.05) is 52.5 Å². The number of amides is 1. The molecule has 282 valence electrons. The van der Waals surface area contributed by atoms with E-state index in [2.05, 4.69) is 24.1 Å². The number of nitrogens with zero attached hydrogens (tertiary/aromatic N) is 2. The van der Waals surface area contributed by atoms with Crippen LogP contribution in [0.3, 0.4) is 0 Å². The Morgan fingerprint density at radius 1 is 1.08 bits per heavy atom. The second-order valence-electron chi connectivity index (χ2n) is 12.9. The van der Waals surface area contributed by atoms with Crippen LogP contribution in [0.2, 0.25) is 0 Å². The molecule has 5 aliphatic rings. The number of carbonyl (C=O) groups excluding carboxylic acids is 1. The van der Waals surface area contributed by atoms with Gasteiger partial charge in [-0.25, -0.2) is 9.36 Å². The molecular formula is C33H42F3N2O12P. The minimum Gasteiger partial charge on any atom is -0.493 e. The van der Waals surface area contributed by atoms with Crippen molar-refractivity contribution in [3.63, 3.8) is 0 Å².